The van der Waals surface area contributed by atoms with Gasteiger partial charge in [-0.15, -0.1) is 0 Å². The Labute approximate surface area is 159 Å². The van der Waals surface area contributed by atoms with E-state index in [1.165, 1.54) is 5.56 Å². The topological polar surface area (TPSA) is 28.6 Å². The van der Waals surface area contributed by atoms with Crippen LogP contribution in [0.25, 0.3) is 0 Å². The maximum absolute atomic E-state index is 6.38. The second-order valence-corrected chi connectivity index (χ2v) is 7.11. The summed E-state index contributed by atoms with van der Waals surface area (Å²) in [6.45, 7) is 7.27. The van der Waals surface area contributed by atoms with E-state index in [9.17, 15) is 0 Å². The van der Waals surface area contributed by atoms with Gasteiger partial charge in [-0.3, -0.25) is 14.8 Å². The summed E-state index contributed by atoms with van der Waals surface area (Å²) in [5.41, 5.74) is 2.30. The van der Waals surface area contributed by atoms with Crippen LogP contribution >= 0.6 is 23.2 Å². The lowest BCUT2D eigenvalue weighted by molar-refractivity contribution is 0.0325. The number of pyridine rings is 1. The number of aromatic nitrogens is 1. The van der Waals surface area contributed by atoms with Gasteiger partial charge in [0, 0.05) is 61.7 Å². The molecule has 0 bridgehead atoms. The molecular formula is C19H23Cl2N3O. The lowest BCUT2D eigenvalue weighted by Crippen LogP contribution is -2.41. The molecule has 2 heterocycles. The highest BCUT2D eigenvalue weighted by Crippen LogP contribution is 2.23. The molecule has 0 radical (unpaired) electrons. The van der Waals surface area contributed by atoms with E-state index >= 15 is 0 Å². The van der Waals surface area contributed by atoms with Crippen LogP contribution in [0.15, 0.2) is 42.7 Å². The first-order valence-electron chi connectivity index (χ1n) is 8.56. The van der Waals surface area contributed by atoms with Crippen LogP contribution in [0.5, 0.6) is 0 Å². The molecule has 1 aromatic heterocycles. The standard InChI is InChI=1S/C19H23Cl2N3O/c20-18-4-3-17(19(21)12-18)15-24(14-16-2-1-5-22-13-16)7-6-23-8-10-25-11-9-23/h1-5,12-13H,6-11,14-15H2. The summed E-state index contributed by atoms with van der Waals surface area (Å²) >= 11 is 12.4. The first-order valence-corrected chi connectivity index (χ1v) is 9.31. The fraction of sp³-hybridized carbons (Fsp3) is 0.421. The van der Waals surface area contributed by atoms with Crippen LogP contribution in [0.2, 0.25) is 10.0 Å². The molecule has 1 fully saturated rings. The van der Waals surface area contributed by atoms with Gasteiger partial charge in [-0.25, -0.2) is 0 Å². The maximum Gasteiger partial charge on any atom is 0.0594 e. The Morgan fingerprint density at radius 1 is 1.12 bits per heavy atom. The molecule has 1 aliphatic heterocycles. The van der Waals surface area contributed by atoms with Crippen LogP contribution in [0.1, 0.15) is 11.1 Å². The van der Waals surface area contributed by atoms with Crippen molar-refractivity contribution in [3.63, 3.8) is 0 Å². The molecule has 134 valence electrons. The average molecular weight is 380 g/mol. The van der Waals surface area contributed by atoms with Crippen molar-refractivity contribution in [3.05, 3.63) is 63.9 Å². The molecule has 6 heteroatoms. The number of halogens is 2. The van der Waals surface area contributed by atoms with Gasteiger partial charge in [-0.1, -0.05) is 35.3 Å². The molecule has 0 saturated carbocycles. The van der Waals surface area contributed by atoms with Crippen molar-refractivity contribution >= 4 is 23.2 Å². The van der Waals surface area contributed by atoms with Gasteiger partial charge in [0.05, 0.1) is 13.2 Å². The van der Waals surface area contributed by atoms with Crippen molar-refractivity contribution in [1.82, 2.24) is 14.8 Å². The third-order valence-electron chi connectivity index (χ3n) is 4.37. The molecule has 2 aromatic rings. The maximum atomic E-state index is 6.38. The fourth-order valence-corrected chi connectivity index (χ4v) is 3.43. The number of nitrogens with zero attached hydrogens (tertiary/aromatic N) is 3. The third kappa shape index (κ3) is 5.94. The number of rotatable bonds is 7. The number of ether oxygens (including phenoxy) is 1. The molecule has 0 aliphatic carbocycles. The first-order chi connectivity index (χ1) is 12.2. The van der Waals surface area contributed by atoms with E-state index in [1.807, 2.05) is 30.5 Å². The van der Waals surface area contributed by atoms with E-state index in [1.54, 1.807) is 6.20 Å². The summed E-state index contributed by atoms with van der Waals surface area (Å²) in [6.07, 6.45) is 3.73. The smallest absolute Gasteiger partial charge is 0.0594 e. The zero-order valence-corrected chi connectivity index (χ0v) is 15.7. The molecule has 3 rings (SSSR count). The Bertz CT molecular complexity index is 663. The zero-order valence-electron chi connectivity index (χ0n) is 14.2. The average Bonchev–Trinajstić information content (AvgIpc) is 2.64. The van der Waals surface area contributed by atoms with Crippen molar-refractivity contribution in [2.24, 2.45) is 0 Å². The molecular weight excluding hydrogens is 357 g/mol. The second-order valence-electron chi connectivity index (χ2n) is 6.26. The van der Waals surface area contributed by atoms with Gasteiger partial charge >= 0.3 is 0 Å². The summed E-state index contributed by atoms with van der Waals surface area (Å²) in [7, 11) is 0. The number of hydrogen-bond acceptors (Lipinski definition) is 4. The van der Waals surface area contributed by atoms with Gasteiger partial charge in [-0.05, 0) is 29.3 Å². The summed E-state index contributed by atoms with van der Waals surface area (Å²) < 4.78 is 5.43. The Kier molecular flexibility index (Phi) is 7.08. The van der Waals surface area contributed by atoms with Gasteiger partial charge in [0.1, 0.15) is 0 Å². The van der Waals surface area contributed by atoms with Gasteiger partial charge in [0.2, 0.25) is 0 Å². The van der Waals surface area contributed by atoms with Crippen LogP contribution in [0.3, 0.4) is 0 Å². The van der Waals surface area contributed by atoms with Crippen LogP contribution in [-0.2, 0) is 17.8 Å². The summed E-state index contributed by atoms with van der Waals surface area (Å²) in [6, 6.07) is 9.80. The highest BCUT2D eigenvalue weighted by molar-refractivity contribution is 6.35. The normalized spacial score (nSPS) is 15.6. The van der Waals surface area contributed by atoms with Crippen LogP contribution in [0.4, 0.5) is 0 Å². The van der Waals surface area contributed by atoms with Crippen LogP contribution in [0, 0.1) is 0 Å². The molecule has 1 aliphatic rings. The van der Waals surface area contributed by atoms with E-state index in [4.69, 9.17) is 27.9 Å². The van der Waals surface area contributed by atoms with E-state index in [0.29, 0.717) is 5.02 Å². The first kappa shape index (κ1) is 18.6. The van der Waals surface area contributed by atoms with E-state index in [2.05, 4.69) is 20.9 Å². The Balaban J connectivity index is 1.66. The molecule has 0 N–H and O–H groups in total. The molecule has 0 amide bonds. The molecule has 4 nitrogen and oxygen atoms in total. The minimum Gasteiger partial charge on any atom is -0.379 e. The van der Waals surface area contributed by atoms with Crippen molar-refractivity contribution < 1.29 is 4.74 Å². The molecule has 1 saturated heterocycles. The van der Waals surface area contributed by atoms with Crippen molar-refractivity contribution in [1.29, 1.82) is 0 Å². The van der Waals surface area contributed by atoms with Gasteiger partial charge in [-0.2, -0.15) is 0 Å². The van der Waals surface area contributed by atoms with Crippen molar-refractivity contribution in [3.8, 4) is 0 Å². The SMILES string of the molecule is Clc1ccc(CN(CCN2CCOCC2)Cc2cccnc2)c(Cl)c1. The van der Waals surface area contributed by atoms with Crippen LogP contribution < -0.4 is 0 Å². The van der Waals surface area contributed by atoms with E-state index in [-0.39, 0.29) is 0 Å². The van der Waals surface area contributed by atoms with E-state index < -0.39 is 0 Å². The number of morpholine rings is 1. The Hall–Kier alpha value is -1.17. The third-order valence-corrected chi connectivity index (χ3v) is 4.96. The highest BCUT2D eigenvalue weighted by atomic mass is 35.5. The van der Waals surface area contributed by atoms with E-state index in [0.717, 1.165) is 63.1 Å². The second kappa shape index (κ2) is 9.51. The number of benzene rings is 1. The van der Waals surface area contributed by atoms with Gasteiger partial charge in [0.25, 0.3) is 0 Å². The monoisotopic (exact) mass is 379 g/mol. The predicted molar refractivity (Wildman–Crippen MR) is 102 cm³/mol. The molecule has 25 heavy (non-hydrogen) atoms. The minimum atomic E-state index is 0.667. The Morgan fingerprint density at radius 3 is 2.68 bits per heavy atom. The Morgan fingerprint density at radius 2 is 1.96 bits per heavy atom. The quantitative estimate of drug-likeness (QED) is 0.732. The molecule has 0 atom stereocenters. The molecule has 1 aromatic carbocycles. The predicted octanol–water partition coefficient (Wildman–Crippen LogP) is 3.72. The zero-order chi connectivity index (χ0) is 17.5. The lowest BCUT2D eigenvalue weighted by Gasteiger charge is -2.30. The van der Waals surface area contributed by atoms with Gasteiger partial charge in [0.15, 0.2) is 0 Å². The minimum absolute atomic E-state index is 0.667. The van der Waals surface area contributed by atoms with Crippen molar-refractivity contribution in [2.75, 3.05) is 39.4 Å². The summed E-state index contributed by atoms with van der Waals surface area (Å²) in [4.78, 5) is 9.08. The van der Waals surface area contributed by atoms with Gasteiger partial charge < -0.3 is 4.74 Å². The number of hydrogen-bond donors (Lipinski definition) is 0. The van der Waals surface area contributed by atoms with Crippen LogP contribution in [-0.4, -0.2) is 54.2 Å². The molecule has 0 unspecified atom stereocenters. The fourth-order valence-electron chi connectivity index (χ4n) is 2.96. The summed E-state index contributed by atoms with van der Waals surface area (Å²) in [5, 5.41) is 1.39. The highest BCUT2D eigenvalue weighted by Gasteiger charge is 2.14. The molecule has 0 spiro atoms. The lowest BCUT2D eigenvalue weighted by atomic mass is 10.2. The van der Waals surface area contributed by atoms with Crippen molar-refractivity contribution in [2.45, 2.75) is 13.1 Å². The largest absolute Gasteiger partial charge is 0.379 e. The summed E-state index contributed by atoms with van der Waals surface area (Å²) in [5.74, 6) is 0.